The molecule has 2 nitrogen and oxygen atoms in total. The number of fused-ring (bicyclic) bond motifs is 1. The molecule has 2 bridgehead atoms. The van der Waals surface area contributed by atoms with E-state index in [1.165, 1.54) is 62.7 Å². The van der Waals surface area contributed by atoms with Gasteiger partial charge in [-0.2, -0.15) is 0 Å². The Morgan fingerprint density at radius 3 is 3.05 bits per heavy atom. The van der Waals surface area contributed by atoms with Crippen molar-refractivity contribution in [2.24, 2.45) is 5.92 Å². The molecule has 1 saturated carbocycles. The molecule has 4 rings (SSSR count). The number of likely N-dealkylation sites (tertiary alicyclic amines) is 1. The molecule has 0 spiro atoms. The second-order valence-electron chi connectivity index (χ2n) is 7.00. The van der Waals surface area contributed by atoms with Crippen LogP contribution in [-0.2, 0) is 11.8 Å². The van der Waals surface area contributed by atoms with Crippen LogP contribution in [0, 0.1) is 5.92 Å². The zero-order valence-electron chi connectivity index (χ0n) is 12.4. The van der Waals surface area contributed by atoms with E-state index in [0.29, 0.717) is 11.2 Å². The van der Waals surface area contributed by atoms with Gasteiger partial charge in [0.05, 0.1) is 0 Å². The Bertz CT molecular complexity index is 526. The van der Waals surface area contributed by atoms with Crippen molar-refractivity contribution >= 4 is 0 Å². The molecule has 1 aliphatic heterocycles. The number of likely N-dealkylation sites (N-methyl/N-ethyl adjacent to an activating group) is 1. The molecule has 0 unspecified atom stereocenters. The van der Waals surface area contributed by atoms with Gasteiger partial charge in [-0.05, 0) is 68.0 Å². The molecule has 1 heterocycles. The van der Waals surface area contributed by atoms with Crippen LogP contribution in [0.3, 0.4) is 0 Å². The maximum absolute atomic E-state index is 9.96. The first-order chi connectivity index (χ1) is 9.74. The molecule has 3 aliphatic rings. The molecule has 20 heavy (non-hydrogen) atoms. The van der Waals surface area contributed by atoms with Gasteiger partial charge in [0.15, 0.2) is 0 Å². The zero-order chi connectivity index (χ0) is 13.7. The summed E-state index contributed by atoms with van der Waals surface area (Å²) >= 11 is 0. The quantitative estimate of drug-likeness (QED) is 0.845. The van der Waals surface area contributed by atoms with E-state index in [0.717, 1.165) is 12.0 Å². The van der Waals surface area contributed by atoms with E-state index in [1.807, 2.05) is 6.07 Å². The maximum Gasteiger partial charge on any atom is 0.115 e. The number of aromatic hydroxyl groups is 1. The Morgan fingerprint density at radius 2 is 2.20 bits per heavy atom. The van der Waals surface area contributed by atoms with E-state index in [2.05, 4.69) is 24.0 Å². The summed E-state index contributed by atoms with van der Waals surface area (Å²) < 4.78 is 0. The highest BCUT2D eigenvalue weighted by molar-refractivity contribution is 5.45. The molecule has 2 heteroatoms. The minimum Gasteiger partial charge on any atom is -0.508 e. The van der Waals surface area contributed by atoms with Crippen LogP contribution in [-0.4, -0.2) is 29.1 Å². The van der Waals surface area contributed by atoms with Crippen LogP contribution < -0.4 is 0 Å². The number of benzene rings is 1. The summed E-state index contributed by atoms with van der Waals surface area (Å²) in [5.74, 6) is 1.28. The molecule has 1 aromatic carbocycles. The fraction of sp³-hybridized carbons (Fsp3) is 0.667. The van der Waals surface area contributed by atoms with Crippen molar-refractivity contribution in [2.75, 3.05) is 13.1 Å². The SMILES string of the molecule is CCN1CC[C@@]23CCCC[C@H]2[C@@H]1Cc1ccc(O)cc13. The van der Waals surface area contributed by atoms with E-state index in [1.54, 1.807) is 0 Å². The Kier molecular flexibility index (Phi) is 2.85. The molecule has 2 fully saturated rings. The van der Waals surface area contributed by atoms with Gasteiger partial charge in [0, 0.05) is 11.5 Å². The fourth-order valence-corrected chi connectivity index (χ4v) is 5.47. The Balaban J connectivity index is 1.87. The van der Waals surface area contributed by atoms with Crippen molar-refractivity contribution in [1.82, 2.24) is 4.90 Å². The minimum absolute atomic E-state index is 0.376. The summed E-state index contributed by atoms with van der Waals surface area (Å²) in [4.78, 5) is 2.71. The van der Waals surface area contributed by atoms with Gasteiger partial charge >= 0.3 is 0 Å². The van der Waals surface area contributed by atoms with Crippen molar-refractivity contribution in [3.05, 3.63) is 29.3 Å². The van der Waals surface area contributed by atoms with Crippen molar-refractivity contribution in [1.29, 1.82) is 0 Å². The molecule has 3 atom stereocenters. The van der Waals surface area contributed by atoms with Crippen LogP contribution in [0.25, 0.3) is 0 Å². The smallest absolute Gasteiger partial charge is 0.115 e. The fourth-order valence-electron chi connectivity index (χ4n) is 5.47. The first kappa shape index (κ1) is 12.7. The summed E-state index contributed by atoms with van der Waals surface area (Å²) in [5.41, 5.74) is 3.37. The monoisotopic (exact) mass is 271 g/mol. The highest BCUT2D eigenvalue weighted by Crippen LogP contribution is 2.56. The van der Waals surface area contributed by atoms with Gasteiger partial charge in [-0.25, -0.2) is 0 Å². The Hall–Kier alpha value is -1.02. The van der Waals surface area contributed by atoms with Gasteiger partial charge in [0.2, 0.25) is 0 Å². The van der Waals surface area contributed by atoms with Crippen LogP contribution in [0.4, 0.5) is 0 Å². The van der Waals surface area contributed by atoms with Crippen LogP contribution >= 0.6 is 0 Å². The van der Waals surface area contributed by atoms with Gasteiger partial charge in [-0.1, -0.05) is 25.8 Å². The lowest BCUT2D eigenvalue weighted by atomic mass is 9.52. The number of piperidine rings is 1. The topological polar surface area (TPSA) is 23.5 Å². The Labute approximate surface area is 121 Å². The van der Waals surface area contributed by atoms with Crippen molar-refractivity contribution < 1.29 is 5.11 Å². The number of phenols is 1. The summed E-state index contributed by atoms with van der Waals surface area (Å²) in [6.07, 6.45) is 7.96. The van der Waals surface area contributed by atoms with Crippen molar-refractivity contribution in [2.45, 2.75) is 56.9 Å². The Morgan fingerprint density at radius 1 is 1.30 bits per heavy atom. The van der Waals surface area contributed by atoms with E-state index in [4.69, 9.17) is 0 Å². The normalized spacial score (nSPS) is 36.2. The maximum atomic E-state index is 9.96. The predicted molar refractivity (Wildman–Crippen MR) is 81.1 cm³/mol. The molecule has 108 valence electrons. The molecule has 0 radical (unpaired) electrons. The standard InChI is InChI=1S/C18H25NO/c1-2-19-10-9-18-8-4-3-5-15(18)17(19)11-13-6-7-14(20)12-16(13)18/h6-7,12,15,17,20H,2-5,8-11H2,1H3/t15-,17-,18-/m0/s1. The number of rotatable bonds is 1. The van der Waals surface area contributed by atoms with E-state index < -0.39 is 0 Å². The largest absolute Gasteiger partial charge is 0.508 e. The average molecular weight is 271 g/mol. The molecule has 1 saturated heterocycles. The van der Waals surface area contributed by atoms with Crippen LogP contribution in [0.1, 0.15) is 50.2 Å². The molecule has 1 N–H and O–H groups in total. The molecule has 0 aromatic heterocycles. The zero-order valence-corrected chi connectivity index (χ0v) is 12.4. The molecule has 1 aromatic rings. The predicted octanol–water partition coefficient (Wildman–Crippen LogP) is 3.47. The van der Waals surface area contributed by atoms with Gasteiger partial charge < -0.3 is 5.11 Å². The summed E-state index contributed by atoms with van der Waals surface area (Å²) in [6.45, 7) is 4.74. The highest BCUT2D eigenvalue weighted by Gasteiger charge is 2.53. The number of phenolic OH excluding ortho intramolecular Hbond substituents is 1. The van der Waals surface area contributed by atoms with Crippen LogP contribution in [0.15, 0.2) is 18.2 Å². The minimum atomic E-state index is 0.376. The molecule has 0 amide bonds. The molecule has 2 aliphatic carbocycles. The summed E-state index contributed by atoms with van der Waals surface area (Å²) in [6, 6.07) is 6.89. The summed E-state index contributed by atoms with van der Waals surface area (Å²) in [5, 5.41) is 9.96. The van der Waals surface area contributed by atoms with Gasteiger partial charge in [-0.3, -0.25) is 4.90 Å². The van der Waals surface area contributed by atoms with Crippen molar-refractivity contribution in [3.63, 3.8) is 0 Å². The third-order valence-corrected chi connectivity index (χ3v) is 6.34. The highest BCUT2D eigenvalue weighted by atomic mass is 16.3. The van der Waals surface area contributed by atoms with Crippen molar-refractivity contribution in [3.8, 4) is 5.75 Å². The summed E-state index contributed by atoms with van der Waals surface area (Å²) in [7, 11) is 0. The first-order valence-electron chi connectivity index (χ1n) is 8.31. The van der Waals surface area contributed by atoms with Gasteiger partial charge in [0.1, 0.15) is 5.75 Å². The second-order valence-corrected chi connectivity index (χ2v) is 7.00. The van der Waals surface area contributed by atoms with E-state index >= 15 is 0 Å². The van der Waals surface area contributed by atoms with E-state index in [9.17, 15) is 5.11 Å². The molecular formula is C18H25NO. The third kappa shape index (κ3) is 1.60. The van der Waals surface area contributed by atoms with Crippen LogP contribution in [0.5, 0.6) is 5.75 Å². The van der Waals surface area contributed by atoms with Gasteiger partial charge in [0.25, 0.3) is 0 Å². The second kappa shape index (κ2) is 4.49. The lowest BCUT2D eigenvalue weighted by molar-refractivity contribution is -0.00847. The number of hydrogen-bond donors (Lipinski definition) is 1. The number of hydrogen-bond acceptors (Lipinski definition) is 2. The first-order valence-corrected chi connectivity index (χ1v) is 8.31. The molecular weight excluding hydrogens is 246 g/mol. The van der Waals surface area contributed by atoms with Crippen LogP contribution in [0.2, 0.25) is 0 Å². The lowest BCUT2D eigenvalue weighted by Gasteiger charge is -2.59. The third-order valence-electron chi connectivity index (χ3n) is 6.34. The lowest BCUT2D eigenvalue weighted by Crippen LogP contribution is -2.60. The number of nitrogens with zero attached hydrogens (tertiary/aromatic N) is 1. The van der Waals surface area contributed by atoms with Gasteiger partial charge in [-0.15, -0.1) is 0 Å². The average Bonchev–Trinajstić information content (AvgIpc) is 2.48. The van der Waals surface area contributed by atoms with E-state index in [-0.39, 0.29) is 0 Å².